The molecule has 0 aliphatic heterocycles. The van der Waals surface area contributed by atoms with E-state index in [1.807, 2.05) is 12.1 Å². The SMILES string of the molecule is Cc1noc(Cl)c1CCC(=O)NCC(N)c1ccc(C(C)C)cc1. The Morgan fingerprint density at radius 1 is 1.29 bits per heavy atom. The molecule has 1 aromatic carbocycles. The molecule has 1 heterocycles. The molecule has 0 radical (unpaired) electrons. The van der Waals surface area contributed by atoms with Gasteiger partial charge in [-0.05, 0) is 42.0 Å². The van der Waals surface area contributed by atoms with Gasteiger partial charge in [-0.15, -0.1) is 0 Å². The number of carbonyl (C=O) groups excluding carboxylic acids is 1. The molecule has 2 rings (SSSR count). The molecule has 5 nitrogen and oxygen atoms in total. The minimum Gasteiger partial charge on any atom is -0.354 e. The molecule has 0 fully saturated rings. The van der Waals surface area contributed by atoms with Crippen LogP contribution in [-0.2, 0) is 11.2 Å². The van der Waals surface area contributed by atoms with Crippen molar-refractivity contribution in [2.75, 3.05) is 6.54 Å². The van der Waals surface area contributed by atoms with Gasteiger partial charge in [-0.2, -0.15) is 0 Å². The molecule has 0 aliphatic rings. The van der Waals surface area contributed by atoms with Crippen molar-refractivity contribution < 1.29 is 9.32 Å². The predicted molar refractivity (Wildman–Crippen MR) is 95.0 cm³/mol. The molecule has 1 unspecified atom stereocenters. The normalized spacial score (nSPS) is 12.4. The molecule has 1 aromatic heterocycles. The van der Waals surface area contributed by atoms with Crippen molar-refractivity contribution in [1.82, 2.24) is 10.5 Å². The van der Waals surface area contributed by atoms with Crippen LogP contribution in [0.15, 0.2) is 28.8 Å². The highest BCUT2D eigenvalue weighted by molar-refractivity contribution is 6.29. The van der Waals surface area contributed by atoms with Crippen LogP contribution in [0.25, 0.3) is 0 Å². The maximum atomic E-state index is 12.0. The van der Waals surface area contributed by atoms with Crippen LogP contribution in [0.2, 0.25) is 5.22 Å². The van der Waals surface area contributed by atoms with Crippen LogP contribution in [0.3, 0.4) is 0 Å². The van der Waals surface area contributed by atoms with E-state index in [9.17, 15) is 4.79 Å². The number of nitrogens with one attached hydrogen (secondary N) is 1. The van der Waals surface area contributed by atoms with Gasteiger partial charge in [0.1, 0.15) is 0 Å². The standard InChI is InChI=1S/C18H24ClN3O2/c1-11(2)13-4-6-14(7-5-13)16(20)10-21-17(23)9-8-15-12(3)22-24-18(15)19/h4-7,11,16H,8-10,20H2,1-3H3,(H,21,23). The molecule has 0 spiro atoms. The third kappa shape index (κ3) is 4.82. The van der Waals surface area contributed by atoms with E-state index < -0.39 is 0 Å². The Hall–Kier alpha value is -1.85. The van der Waals surface area contributed by atoms with Gasteiger partial charge >= 0.3 is 0 Å². The van der Waals surface area contributed by atoms with Crippen LogP contribution in [0, 0.1) is 6.92 Å². The van der Waals surface area contributed by atoms with Crippen molar-refractivity contribution in [3.63, 3.8) is 0 Å². The number of nitrogens with zero attached hydrogens (tertiary/aromatic N) is 1. The number of aromatic nitrogens is 1. The highest BCUT2D eigenvalue weighted by Gasteiger charge is 2.13. The largest absolute Gasteiger partial charge is 0.354 e. The summed E-state index contributed by atoms with van der Waals surface area (Å²) in [6.07, 6.45) is 0.819. The van der Waals surface area contributed by atoms with Crippen molar-refractivity contribution in [1.29, 1.82) is 0 Å². The number of carbonyl (C=O) groups is 1. The van der Waals surface area contributed by atoms with E-state index in [2.05, 4.69) is 36.5 Å². The Balaban J connectivity index is 1.80. The average Bonchev–Trinajstić information content (AvgIpc) is 2.89. The fraction of sp³-hybridized carbons (Fsp3) is 0.444. The van der Waals surface area contributed by atoms with E-state index in [1.165, 1.54) is 5.56 Å². The summed E-state index contributed by atoms with van der Waals surface area (Å²) in [6.45, 7) is 6.51. The van der Waals surface area contributed by atoms with E-state index in [-0.39, 0.29) is 17.2 Å². The topological polar surface area (TPSA) is 81.2 Å². The summed E-state index contributed by atoms with van der Waals surface area (Å²) in [6, 6.07) is 7.98. The zero-order valence-corrected chi connectivity index (χ0v) is 15.1. The number of nitrogens with two attached hydrogens (primary N) is 1. The van der Waals surface area contributed by atoms with Gasteiger partial charge in [-0.25, -0.2) is 0 Å². The second-order valence-corrected chi connectivity index (χ2v) is 6.60. The Labute approximate surface area is 147 Å². The second-order valence-electron chi connectivity index (χ2n) is 6.25. The van der Waals surface area contributed by atoms with E-state index >= 15 is 0 Å². The molecule has 130 valence electrons. The molecule has 2 aromatic rings. The zero-order valence-electron chi connectivity index (χ0n) is 14.3. The third-order valence-corrected chi connectivity index (χ3v) is 4.39. The first kappa shape index (κ1) is 18.5. The van der Waals surface area contributed by atoms with Crippen LogP contribution in [0.1, 0.15) is 54.6 Å². The average molecular weight is 350 g/mol. The van der Waals surface area contributed by atoms with E-state index in [1.54, 1.807) is 6.92 Å². The smallest absolute Gasteiger partial charge is 0.229 e. The van der Waals surface area contributed by atoms with Crippen LogP contribution < -0.4 is 11.1 Å². The Bertz CT molecular complexity index is 661. The number of hydrogen-bond acceptors (Lipinski definition) is 4. The molecule has 0 aliphatic carbocycles. The lowest BCUT2D eigenvalue weighted by Gasteiger charge is -2.14. The van der Waals surface area contributed by atoms with Gasteiger partial charge in [-0.1, -0.05) is 43.3 Å². The molecule has 0 bridgehead atoms. The van der Waals surface area contributed by atoms with Gasteiger partial charge in [-0.3, -0.25) is 4.79 Å². The first-order valence-corrected chi connectivity index (χ1v) is 8.49. The van der Waals surface area contributed by atoms with E-state index in [0.29, 0.717) is 25.3 Å². The molecule has 0 saturated heterocycles. The quantitative estimate of drug-likeness (QED) is 0.801. The van der Waals surface area contributed by atoms with Crippen LogP contribution in [0.4, 0.5) is 0 Å². The third-order valence-electron chi connectivity index (χ3n) is 4.09. The van der Waals surface area contributed by atoms with E-state index in [0.717, 1.165) is 16.8 Å². The second kappa shape index (κ2) is 8.31. The first-order valence-electron chi connectivity index (χ1n) is 8.11. The first-order chi connectivity index (χ1) is 11.4. The Kier molecular flexibility index (Phi) is 6.40. The highest BCUT2D eigenvalue weighted by Crippen LogP contribution is 2.20. The number of halogens is 1. The molecule has 0 saturated carbocycles. The maximum Gasteiger partial charge on any atom is 0.229 e. The van der Waals surface area contributed by atoms with Gasteiger partial charge in [0.05, 0.1) is 5.69 Å². The Morgan fingerprint density at radius 3 is 2.46 bits per heavy atom. The summed E-state index contributed by atoms with van der Waals surface area (Å²) in [7, 11) is 0. The van der Waals surface area contributed by atoms with Gasteiger partial charge in [0.15, 0.2) is 0 Å². The van der Waals surface area contributed by atoms with Gasteiger partial charge < -0.3 is 15.6 Å². The van der Waals surface area contributed by atoms with Crippen molar-refractivity contribution in [2.24, 2.45) is 5.73 Å². The minimum atomic E-state index is -0.226. The molecule has 1 atom stereocenters. The number of rotatable bonds is 7. The van der Waals surface area contributed by atoms with Gasteiger partial charge in [0.25, 0.3) is 0 Å². The molecule has 6 heteroatoms. The highest BCUT2D eigenvalue weighted by atomic mass is 35.5. The lowest BCUT2D eigenvalue weighted by molar-refractivity contribution is -0.121. The maximum absolute atomic E-state index is 12.0. The van der Waals surface area contributed by atoms with Gasteiger partial charge in [0, 0.05) is 24.6 Å². The van der Waals surface area contributed by atoms with Crippen molar-refractivity contribution in [2.45, 2.75) is 45.6 Å². The summed E-state index contributed by atoms with van der Waals surface area (Å²) in [5.74, 6) is 0.420. The number of benzene rings is 1. The molecular weight excluding hydrogens is 326 g/mol. The van der Waals surface area contributed by atoms with Crippen LogP contribution in [-0.4, -0.2) is 17.6 Å². The lowest BCUT2D eigenvalue weighted by atomic mass is 9.99. The van der Waals surface area contributed by atoms with Crippen molar-refractivity contribution in [3.8, 4) is 0 Å². The van der Waals surface area contributed by atoms with Crippen molar-refractivity contribution in [3.05, 3.63) is 51.9 Å². The molecule has 1 amide bonds. The summed E-state index contributed by atoms with van der Waals surface area (Å²) in [5.41, 5.74) is 9.93. The fourth-order valence-electron chi connectivity index (χ4n) is 2.44. The molecular formula is C18H24ClN3O2. The fourth-order valence-corrected chi connectivity index (χ4v) is 2.70. The summed E-state index contributed by atoms with van der Waals surface area (Å²) in [4.78, 5) is 12.0. The summed E-state index contributed by atoms with van der Waals surface area (Å²) in [5, 5.41) is 6.88. The predicted octanol–water partition coefficient (Wildman–Crippen LogP) is 3.51. The molecule has 24 heavy (non-hydrogen) atoms. The minimum absolute atomic E-state index is 0.0686. The Morgan fingerprint density at radius 2 is 1.92 bits per heavy atom. The monoisotopic (exact) mass is 349 g/mol. The number of hydrogen-bond donors (Lipinski definition) is 2. The number of aryl methyl sites for hydroxylation is 1. The van der Waals surface area contributed by atoms with Crippen LogP contribution >= 0.6 is 11.6 Å². The lowest BCUT2D eigenvalue weighted by Crippen LogP contribution is -2.32. The van der Waals surface area contributed by atoms with Crippen LogP contribution in [0.5, 0.6) is 0 Å². The summed E-state index contributed by atoms with van der Waals surface area (Å²) >= 11 is 5.89. The van der Waals surface area contributed by atoms with Crippen molar-refractivity contribution >= 4 is 17.5 Å². The van der Waals surface area contributed by atoms with Gasteiger partial charge in [0.2, 0.25) is 11.1 Å². The summed E-state index contributed by atoms with van der Waals surface area (Å²) < 4.78 is 4.87. The number of amides is 1. The zero-order chi connectivity index (χ0) is 17.7. The van der Waals surface area contributed by atoms with E-state index in [4.69, 9.17) is 21.9 Å². The molecule has 3 N–H and O–H groups in total.